The number of carbonyl (C=O) groups is 2. The van der Waals surface area contributed by atoms with E-state index in [0.717, 1.165) is 38.4 Å². The Bertz CT molecular complexity index is 786. The zero-order valence-corrected chi connectivity index (χ0v) is 16.4. The summed E-state index contributed by atoms with van der Waals surface area (Å²) in [5, 5.41) is 5.49. The second kappa shape index (κ2) is 9.90. The molecule has 1 aliphatic rings. The van der Waals surface area contributed by atoms with Crippen LogP contribution >= 0.6 is 0 Å². The lowest BCUT2D eigenvalue weighted by Crippen LogP contribution is -2.48. The molecule has 0 saturated carbocycles. The minimum Gasteiger partial charge on any atom is -0.340 e. The molecule has 1 aliphatic heterocycles. The summed E-state index contributed by atoms with van der Waals surface area (Å²) in [6.45, 7) is 6.59. The van der Waals surface area contributed by atoms with Gasteiger partial charge in [0.05, 0.1) is 0 Å². The van der Waals surface area contributed by atoms with Crippen molar-refractivity contribution in [3.8, 4) is 0 Å². The number of hydrogen-bond donors (Lipinski definition) is 2. The van der Waals surface area contributed by atoms with E-state index in [0.29, 0.717) is 13.0 Å². The highest BCUT2D eigenvalue weighted by Crippen LogP contribution is 2.11. The second-order valence-electron chi connectivity index (χ2n) is 7.14. The van der Waals surface area contributed by atoms with Crippen molar-refractivity contribution in [2.45, 2.75) is 19.9 Å². The van der Waals surface area contributed by atoms with E-state index in [1.165, 1.54) is 11.1 Å². The fourth-order valence-electron chi connectivity index (χ4n) is 3.36. The van der Waals surface area contributed by atoms with Crippen LogP contribution in [-0.4, -0.2) is 54.5 Å². The summed E-state index contributed by atoms with van der Waals surface area (Å²) in [4.78, 5) is 28.5. The van der Waals surface area contributed by atoms with Gasteiger partial charge in [0.15, 0.2) is 0 Å². The van der Waals surface area contributed by atoms with Crippen molar-refractivity contribution < 1.29 is 9.59 Å². The summed E-state index contributed by atoms with van der Waals surface area (Å²) >= 11 is 0. The Morgan fingerprint density at radius 3 is 2.43 bits per heavy atom. The summed E-state index contributed by atoms with van der Waals surface area (Å²) in [7, 11) is 0. The minimum absolute atomic E-state index is 0.0928. The van der Waals surface area contributed by atoms with Gasteiger partial charge in [-0.25, -0.2) is 4.79 Å². The molecular weight excluding hydrogens is 352 g/mol. The molecular formula is C22H28N4O2. The van der Waals surface area contributed by atoms with Gasteiger partial charge in [0.25, 0.3) is 0 Å². The molecule has 1 heterocycles. The zero-order valence-electron chi connectivity index (χ0n) is 16.4. The van der Waals surface area contributed by atoms with Crippen molar-refractivity contribution in [2.75, 3.05) is 38.0 Å². The Morgan fingerprint density at radius 2 is 1.71 bits per heavy atom. The monoisotopic (exact) mass is 380 g/mol. The standard InChI is InChI=1S/C22H28N4O2/c1-18-6-5-7-19(16-18)17-25-12-14-26(15-13-25)21(27)10-11-23-22(28)24-20-8-3-2-4-9-20/h2-9,16H,10-15,17H2,1H3,(H2,23,24,28). The molecule has 6 heteroatoms. The predicted molar refractivity (Wildman–Crippen MR) is 111 cm³/mol. The number of amides is 3. The Hall–Kier alpha value is -2.86. The number of nitrogens with one attached hydrogen (secondary N) is 2. The van der Waals surface area contributed by atoms with Gasteiger partial charge in [-0.15, -0.1) is 0 Å². The lowest BCUT2D eigenvalue weighted by atomic mass is 10.1. The average Bonchev–Trinajstić information content (AvgIpc) is 2.69. The first kappa shape index (κ1) is 19.9. The van der Waals surface area contributed by atoms with Crippen LogP contribution in [0.15, 0.2) is 54.6 Å². The maximum absolute atomic E-state index is 12.4. The molecule has 0 atom stereocenters. The molecule has 0 radical (unpaired) electrons. The number of urea groups is 1. The van der Waals surface area contributed by atoms with E-state index in [2.05, 4.69) is 46.7 Å². The smallest absolute Gasteiger partial charge is 0.319 e. The van der Waals surface area contributed by atoms with Crippen LogP contribution in [-0.2, 0) is 11.3 Å². The van der Waals surface area contributed by atoms with Gasteiger partial charge < -0.3 is 15.5 Å². The maximum Gasteiger partial charge on any atom is 0.319 e. The third-order valence-electron chi connectivity index (χ3n) is 4.87. The van der Waals surface area contributed by atoms with Gasteiger partial charge in [-0.2, -0.15) is 0 Å². The molecule has 0 bridgehead atoms. The van der Waals surface area contributed by atoms with E-state index < -0.39 is 0 Å². The first-order chi connectivity index (χ1) is 13.6. The van der Waals surface area contributed by atoms with Gasteiger partial charge in [0.2, 0.25) is 5.91 Å². The third-order valence-corrected chi connectivity index (χ3v) is 4.87. The first-order valence-corrected chi connectivity index (χ1v) is 9.76. The molecule has 3 amide bonds. The molecule has 6 nitrogen and oxygen atoms in total. The lowest BCUT2D eigenvalue weighted by molar-refractivity contribution is -0.132. The topological polar surface area (TPSA) is 64.7 Å². The lowest BCUT2D eigenvalue weighted by Gasteiger charge is -2.35. The van der Waals surface area contributed by atoms with Crippen molar-refractivity contribution in [3.05, 3.63) is 65.7 Å². The number of para-hydroxylation sites is 1. The van der Waals surface area contributed by atoms with Gasteiger partial charge in [-0.1, -0.05) is 48.0 Å². The van der Waals surface area contributed by atoms with Crippen LogP contribution in [0.2, 0.25) is 0 Å². The van der Waals surface area contributed by atoms with Gasteiger partial charge in [0, 0.05) is 51.4 Å². The van der Waals surface area contributed by atoms with Gasteiger partial charge in [-0.3, -0.25) is 9.69 Å². The summed E-state index contributed by atoms with van der Waals surface area (Å²) in [6.07, 6.45) is 0.320. The van der Waals surface area contributed by atoms with Crippen LogP contribution in [0.3, 0.4) is 0 Å². The molecule has 1 fully saturated rings. The summed E-state index contributed by atoms with van der Waals surface area (Å²) in [5.74, 6) is 0.0928. The molecule has 28 heavy (non-hydrogen) atoms. The molecule has 2 N–H and O–H groups in total. The molecule has 2 aromatic carbocycles. The number of hydrogen-bond acceptors (Lipinski definition) is 3. The maximum atomic E-state index is 12.4. The van der Waals surface area contributed by atoms with Gasteiger partial charge in [-0.05, 0) is 24.6 Å². The third kappa shape index (κ3) is 6.09. The van der Waals surface area contributed by atoms with Crippen LogP contribution in [0.25, 0.3) is 0 Å². The van der Waals surface area contributed by atoms with Crippen LogP contribution in [0.4, 0.5) is 10.5 Å². The molecule has 0 aromatic heterocycles. The molecule has 148 valence electrons. The van der Waals surface area contributed by atoms with Crippen LogP contribution < -0.4 is 10.6 Å². The van der Waals surface area contributed by atoms with Crippen molar-refractivity contribution in [1.82, 2.24) is 15.1 Å². The van der Waals surface area contributed by atoms with Gasteiger partial charge in [0.1, 0.15) is 0 Å². The summed E-state index contributed by atoms with van der Waals surface area (Å²) in [6, 6.07) is 17.5. The quantitative estimate of drug-likeness (QED) is 0.810. The van der Waals surface area contributed by atoms with Crippen molar-refractivity contribution >= 4 is 17.6 Å². The van der Waals surface area contributed by atoms with Crippen LogP contribution in [0, 0.1) is 6.92 Å². The number of nitrogens with zero attached hydrogens (tertiary/aromatic N) is 2. The SMILES string of the molecule is Cc1cccc(CN2CCN(C(=O)CCNC(=O)Nc3ccccc3)CC2)c1. The van der Waals surface area contributed by atoms with Crippen molar-refractivity contribution in [3.63, 3.8) is 0 Å². The highest BCUT2D eigenvalue weighted by molar-refractivity contribution is 5.89. The molecule has 1 saturated heterocycles. The van der Waals surface area contributed by atoms with E-state index in [1.807, 2.05) is 35.2 Å². The Kier molecular flexibility index (Phi) is 7.03. The van der Waals surface area contributed by atoms with E-state index in [-0.39, 0.29) is 11.9 Å². The molecule has 2 aromatic rings. The second-order valence-corrected chi connectivity index (χ2v) is 7.14. The molecule has 0 spiro atoms. The first-order valence-electron chi connectivity index (χ1n) is 9.76. The Labute approximate surface area is 166 Å². The largest absolute Gasteiger partial charge is 0.340 e. The predicted octanol–water partition coefficient (Wildman–Crippen LogP) is 2.85. The summed E-state index contributed by atoms with van der Waals surface area (Å²) < 4.78 is 0. The van der Waals surface area contributed by atoms with E-state index >= 15 is 0 Å². The normalized spacial score (nSPS) is 14.5. The highest BCUT2D eigenvalue weighted by atomic mass is 16.2. The van der Waals surface area contributed by atoms with Crippen LogP contribution in [0.1, 0.15) is 17.5 Å². The zero-order chi connectivity index (χ0) is 19.8. The van der Waals surface area contributed by atoms with Crippen molar-refractivity contribution in [2.24, 2.45) is 0 Å². The van der Waals surface area contributed by atoms with E-state index in [1.54, 1.807) is 0 Å². The number of anilines is 1. The van der Waals surface area contributed by atoms with E-state index in [9.17, 15) is 9.59 Å². The average molecular weight is 380 g/mol. The molecule has 0 unspecified atom stereocenters. The number of piperazine rings is 1. The fourth-order valence-corrected chi connectivity index (χ4v) is 3.36. The summed E-state index contributed by atoms with van der Waals surface area (Å²) in [5.41, 5.74) is 3.32. The minimum atomic E-state index is -0.290. The number of aryl methyl sites for hydroxylation is 1. The highest BCUT2D eigenvalue weighted by Gasteiger charge is 2.20. The number of benzene rings is 2. The number of rotatable bonds is 6. The molecule has 0 aliphatic carbocycles. The Morgan fingerprint density at radius 1 is 0.964 bits per heavy atom. The van der Waals surface area contributed by atoms with Crippen LogP contribution in [0.5, 0.6) is 0 Å². The van der Waals surface area contributed by atoms with Crippen molar-refractivity contribution in [1.29, 1.82) is 0 Å². The molecule has 3 rings (SSSR count). The van der Waals surface area contributed by atoms with E-state index in [4.69, 9.17) is 0 Å². The van der Waals surface area contributed by atoms with Gasteiger partial charge >= 0.3 is 6.03 Å². The Balaban J connectivity index is 1.34. The fraction of sp³-hybridized carbons (Fsp3) is 0.364. The number of carbonyl (C=O) groups excluding carboxylic acids is 2.